The van der Waals surface area contributed by atoms with Crippen LogP contribution in [0.4, 0.5) is 5.69 Å². The van der Waals surface area contributed by atoms with Crippen molar-refractivity contribution in [1.82, 2.24) is 9.88 Å². The van der Waals surface area contributed by atoms with E-state index in [1.165, 1.54) is 6.39 Å². The highest BCUT2D eigenvalue weighted by Crippen LogP contribution is 2.22. The molecule has 0 unspecified atom stereocenters. The number of amides is 1. The number of nitrogens with zero attached hydrogens (tertiary/aromatic N) is 3. The van der Waals surface area contributed by atoms with Crippen LogP contribution in [0.5, 0.6) is 0 Å². The van der Waals surface area contributed by atoms with Crippen LogP contribution in [-0.4, -0.2) is 42.0 Å². The summed E-state index contributed by atoms with van der Waals surface area (Å²) in [6.07, 6.45) is 3.06. The van der Waals surface area contributed by atoms with Gasteiger partial charge in [0.05, 0.1) is 6.20 Å². The van der Waals surface area contributed by atoms with E-state index in [-0.39, 0.29) is 5.91 Å². The van der Waals surface area contributed by atoms with Crippen LogP contribution in [0.3, 0.4) is 0 Å². The molecule has 5 nitrogen and oxygen atoms in total. The molecular weight excluding hydrogens is 350 g/mol. The lowest BCUT2D eigenvalue weighted by Crippen LogP contribution is -2.48. The zero-order chi connectivity index (χ0) is 17.9. The van der Waals surface area contributed by atoms with E-state index in [2.05, 4.69) is 9.88 Å². The molecule has 1 aliphatic heterocycles. The number of aromatic nitrogens is 1. The highest BCUT2D eigenvalue weighted by molar-refractivity contribution is 6.30. The molecule has 6 heteroatoms. The first-order valence-electron chi connectivity index (χ1n) is 8.49. The summed E-state index contributed by atoms with van der Waals surface area (Å²) < 4.78 is 5.28. The Morgan fingerprint density at radius 3 is 2.46 bits per heavy atom. The van der Waals surface area contributed by atoms with Gasteiger partial charge < -0.3 is 14.2 Å². The lowest BCUT2D eigenvalue weighted by atomic mass is 10.1. The third-order valence-corrected chi connectivity index (χ3v) is 4.82. The van der Waals surface area contributed by atoms with Crippen LogP contribution < -0.4 is 4.90 Å². The van der Waals surface area contributed by atoms with E-state index in [4.69, 9.17) is 16.0 Å². The van der Waals surface area contributed by atoms with Gasteiger partial charge >= 0.3 is 0 Å². The maximum atomic E-state index is 12.7. The van der Waals surface area contributed by atoms with Gasteiger partial charge in [-0.25, -0.2) is 4.98 Å². The predicted octanol–water partition coefficient (Wildman–Crippen LogP) is 3.96. The van der Waals surface area contributed by atoms with E-state index in [9.17, 15) is 4.79 Å². The van der Waals surface area contributed by atoms with Gasteiger partial charge in [0, 0.05) is 48.0 Å². The van der Waals surface area contributed by atoms with Gasteiger partial charge in [-0.2, -0.15) is 0 Å². The number of benzene rings is 2. The van der Waals surface area contributed by atoms with Crippen molar-refractivity contribution < 1.29 is 9.21 Å². The monoisotopic (exact) mass is 367 g/mol. The summed E-state index contributed by atoms with van der Waals surface area (Å²) in [7, 11) is 0. The van der Waals surface area contributed by atoms with Crippen LogP contribution in [0.25, 0.3) is 11.3 Å². The number of halogens is 1. The second-order valence-electron chi connectivity index (χ2n) is 6.20. The van der Waals surface area contributed by atoms with E-state index in [1.807, 2.05) is 53.4 Å². The van der Waals surface area contributed by atoms with Crippen LogP contribution in [0.1, 0.15) is 10.4 Å². The molecule has 0 N–H and O–H groups in total. The second kappa shape index (κ2) is 7.22. The van der Waals surface area contributed by atoms with Crippen molar-refractivity contribution in [3.05, 3.63) is 71.7 Å². The predicted molar refractivity (Wildman–Crippen MR) is 102 cm³/mol. The number of anilines is 1. The van der Waals surface area contributed by atoms with Crippen LogP contribution >= 0.6 is 11.6 Å². The van der Waals surface area contributed by atoms with E-state index < -0.39 is 0 Å². The molecule has 1 saturated heterocycles. The SMILES string of the molecule is O=C(c1ccc(-c2cnco2)cc1)N1CCN(c2cccc(Cl)c2)CC1. The fourth-order valence-electron chi connectivity index (χ4n) is 3.16. The minimum absolute atomic E-state index is 0.0554. The molecule has 2 aromatic carbocycles. The number of oxazole rings is 1. The van der Waals surface area contributed by atoms with Crippen molar-refractivity contribution in [1.29, 1.82) is 0 Å². The Morgan fingerprint density at radius 2 is 1.81 bits per heavy atom. The molecule has 2 heterocycles. The third-order valence-electron chi connectivity index (χ3n) is 4.59. The Kier molecular flexibility index (Phi) is 4.63. The molecule has 0 aliphatic carbocycles. The van der Waals surface area contributed by atoms with Crippen LogP contribution in [-0.2, 0) is 0 Å². The second-order valence-corrected chi connectivity index (χ2v) is 6.64. The molecule has 0 saturated carbocycles. The van der Waals surface area contributed by atoms with Gasteiger partial charge in [0.15, 0.2) is 12.2 Å². The van der Waals surface area contributed by atoms with Crippen LogP contribution in [0.2, 0.25) is 5.02 Å². The lowest BCUT2D eigenvalue weighted by molar-refractivity contribution is 0.0747. The molecule has 0 spiro atoms. The molecule has 1 fully saturated rings. The lowest BCUT2D eigenvalue weighted by Gasteiger charge is -2.36. The summed E-state index contributed by atoms with van der Waals surface area (Å²) in [5.74, 6) is 0.749. The van der Waals surface area contributed by atoms with Gasteiger partial charge in [-0.05, 0) is 30.3 Å². The molecule has 1 aromatic heterocycles. The molecule has 0 bridgehead atoms. The molecule has 1 amide bonds. The maximum absolute atomic E-state index is 12.7. The fraction of sp³-hybridized carbons (Fsp3) is 0.200. The number of carbonyl (C=O) groups excluding carboxylic acids is 1. The Labute approximate surface area is 156 Å². The van der Waals surface area contributed by atoms with Gasteiger partial charge in [0.2, 0.25) is 0 Å². The molecular formula is C20H18ClN3O2. The van der Waals surface area contributed by atoms with Crippen LogP contribution in [0.15, 0.2) is 65.5 Å². The quantitative estimate of drug-likeness (QED) is 0.703. The molecule has 4 rings (SSSR count). The number of rotatable bonds is 3. The number of hydrogen-bond acceptors (Lipinski definition) is 4. The summed E-state index contributed by atoms with van der Waals surface area (Å²) in [6, 6.07) is 15.3. The Balaban J connectivity index is 1.40. The zero-order valence-electron chi connectivity index (χ0n) is 14.1. The summed E-state index contributed by atoms with van der Waals surface area (Å²) in [4.78, 5) is 20.8. The van der Waals surface area contributed by atoms with Crippen LogP contribution in [0, 0.1) is 0 Å². The topological polar surface area (TPSA) is 49.6 Å². The molecule has 0 radical (unpaired) electrons. The first-order chi connectivity index (χ1) is 12.7. The Morgan fingerprint density at radius 1 is 1.04 bits per heavy atom. The van der Waals surface area contributed by atoms with Gasteiger partial charge in [-0.15, -0.1) is 0 Å². The van der Waals surface area contributed by atoms with Crippen molar-refractivity contribution in [3.8, 4) is 11.3 Å². The maximum Gasteiger partial charge on any atom is 0.253 e. The Hall–Kier alpha value is -2.79. The van der Waals surface area contributed by atoms with Crippen molar-refractivity contribution in [2.24, 2.45) is 0 Å². The van der Waals surface area contributed by atoms with E-state index in [0.29, 0.717) is 24.4 Å². The van der Waals surface area contributed by atoms with Gasteiger partial charge in [0.1, 0.15) is 0 Å². The summed E-state index contributed by atoms with van der Waals surface area (Å²) >= 11 is 6.07. The standard InChI is InChI=1S/C20H18ClN3O2/c21-17-2-1-3-18(12-17)23-8-10-24(11-9-23)20(25)16-6-4-15(5-7-16)19-13-22-14-26-19/h1-7,12-14H,8-11H2. The summed E-state index contributed by atoms with van der Waals surface area (Å²) in [5.41, 5.74) is 2.69. The molecule has 132 valence electrons. The average molecular weight is 368 g/mol. The normalized spacial score (nSPS) is 14.5. The minimum atomic E-state index is 0.0554. The number of hydrogen-bond donors (Lipinski definition) is 0. The van der Waals surface area contributed by atoms with Gasteiger partial charge in [-0.1, -0.05) is 29.8 Å². The third kappa shape index (κ3) is 3.44. The van der Waals surface area contributed by atoms with Crippen molar-refractivity contribution >= 4 is 23.2 Å². The van der Waals surface area contributed by atoms with Crippen molar-refractivity contribution in [2.45, 2.75) is 0 Å². The summed E-state index contributed by atoms with van der Waals surface area (Å²) in [6.45, 7) is 2.97. The largest absolute Gasteiger partial charge is 0.444 e. The molecule has 3 aromatic rings. The highest BCUT2D eigenvalue weighted by Gasteiger charge is 2.22. The first kappa shape index (κ1) is 16.7. The molecule has 1 aliphatic rings. The minimum Gasteiger partial charge on any atom is -0.444 e. The number of carbonyl (C=O) groups is 1. The molecule has 0 atom stereocenters. The van der Waals surface area contributed by atoms with Crippen molar-refractivity contribution in [3.63, 3.8) is 0 Å². The number of piperazine rings is 1. The van der Waals surface area contributed by atoms with Crippen molar-refractivity contribution in [2.75, 3.05) is 31.1 Å². The van der Waals surface area contributed by atoms with Gasteiger partial charge in [0.25, 0.3) is 5.91 Å². The highest BCUT2D eigenvalue weighted by atomic mass is 35.5. The first-order valence-corrected chi connectivity index (χ1v) is 8.87. The van der Waals surface area contributed by atoms with Gasteiger partial charge in [-0.3, -0.25) is 4.79 Å². The van der Waals surface area contributed by atoms with E-state index in [0.717, 1.165) is 29.4 Å². The molecule has 26 heavy (non-hydrogen) atoms. The van der Waals surface area contributed by atoms with E-state index in [1.54, 1.807) is 6.20 Å². The fourth-order valence-corrected chi connectivity index (χ4v) is 3.34. The summed E-state index contributed by atoms with van der Waals surface area (Å²) in [5, 5.41) is 0.729. The smallest absolute Gasteiger partial charge is 0.253 e. The zero-order valence-corrected chi connectivity index (χ0v) is 14.9. The Bertz CT molecular complexity index is 886. The van der Waals surface area contributed by atoms with E-state index >= 15 is 0 Å². The average Bonchev–Trinajstić information content (AvgIpc) is 3.23.